The first kappa shape index (κ1) is 13.9. The predicted molar refractivity (Wildman–Crippen MR) is 78.0 cm³/mol. The third-order valence-electron chi connectivity index (χ3n) is 3.15. The van der Waals surface area contributed by atoms with E-state index in [0.29, 0.717) is 17.2 Å². The van der Waals surface area contributed by atoms with Gasteiger partial charge in [0.05, 0.1) is 17.7 Å². The number of pyridine rings is 1. The number of hydrogen-bond acceptors (Lipinski definition) is 4. The summed E-state index contributed by atoms with van der Waals surface area (Å²) in [6.45, 7) is 0.275. The number of hydrogen-bond donors (Lipinski definition) is 1. The van der Waals surface area contributed by atoms with Gasteiger partial charge in [0.25, 0.3) is 5.91 Å². The zero-order chi connectivity index (χ0) is 13.7. The summed E-state index contributed by atoms with van der Waals surface area (Å²) in [5.41, 5.74) is 6.63. The van der Waals surface area contributed by atoms with Crippen LogP contribution in [-0.2, 0) is 0 Å². The molecule has 0 bridgehead atoms. The molecular weight excluding hydrogens is 258 g/mol. The molecule has 1 aliphatic rings. The second kappa shape index (κ2) is 6.60. The maximum Gasteiger partial charge on any atom is 0.255 e. The largest absolute Gasteiger partial charge is 0.338 e. The minimum absolute atomic E-state index is 0.0104. The van der Waals surface area contributed by atoms with Crippen LogP contribution in [0, 0.1) is 11.8 Å². The Morgan fingerprint density at radius 3 is 3.21 bits per heavy atom. The van der Waals surface area contributed by atoms with Gasteiger partial charge in [0.2, 0.25) is 0 Å². The van der Waals surface area contributed by atoms with Crippen molar-refractivity contribution in [1.82, 2.24) is 9.88 Å². The van der Waals surface area contributed by atoms with Gasteiger partial charge in [-0.3, -0.25) is 9.78 Å². The number of rotatable bonds is 2. The molecule has 0 saturated carbocycles. The van der Waals surface area contributed by atoms with E-state index in [0.717, 1.165) is 17.9 Å². The molecule has 1 aromatic rings. The Labute approximate surface area is 117 Å². The summed E-state index contributed by atoms with van der Waals surface area (Å²) in [5, 5.41) is 0. The summed E-state index contributed by atoms with van der Waals surface area (Å²) < 4.78 is 0. The number of thioether (sulfide) groups is 1. The van der Waals surface area contributed by atoms with E-state index in [1.54, 1.807) is 18.5 Å². The predicted octanol–water partition coefficient (Wildman–Crippen LogP) is 0.969. The molecule has 1 amide bonds. The summed E-state index contributed by atoms with van der Waals surface area (Å²) in [6.07, 6.45) is 4.30. The van der Waals surface area contributed by atoms with Crippen molar-refractivity contribution in [1.29, 1.82) is 0 Å². The van der Waals surface area contributed by atoms with Crippen molar-refractivity contribution in [2.24, 2.45) is 5.73 Å². The van der Waals surface area contributed by atoms with E-state index in [1.165, 1.54) is 0 Å². The average Bonchev–Trinajstić information content (AvgIpc) is 2.98. The summed E-state index contributed by atoms with van der Waals surface area (Å²) in [7, 11) is 1.86. The lowest BCUT2D eigenvalue weighted by molar-refractivity contribution is 0.0747. The fraction of sp³-hybridized carbons (Fsp3) is 0.429. The molecule has 1 atom stereocenters. The Balaban J connectivity index is 2.22. The molecule has 2 N–H and O–H groups in total. The summed E-state index contributed by atoms with van der Waals surface area (Å²) in [6, 6.07) is 2.04. The highest BCUT2D eigenvalue weighted by molar-refractivity contribution is 7.99. The normalized spacial score (nSPS) is 17.7. The van der Waals surface area contributed by atoms with Gasteiger partial charge in [0.15, 0.2) is 0 Å². The minimum atomic E-state index is 0.0104. The molecule has 2 heterocycles. The van der Waals surface area contributed by atoms with Gasteiger partial charge < -0.3 is 10.6 Å². The third kappa shape index (κ3) is 3.28. The van der Waals surface area contributed by atoms with Gasteiger partial charge in [-0.25, -0.2) is 0 Å². The molecule has 2 rings (SSSR count). The van der Waals surface area contributed by atoms with Crippen LogP contribution < -0.4 is 5.73 Å². The van der Waals surface area contributed by atoms with Gasteiger partial charge in [0, 0.05) is 31.2 Å². The molecule has 19 heavy (non-hydrogen) atoms. The van der Waals surface area contributed by atoms with Crippen molar-refractivity contribution in [2.75, 3.05) is 25.1 Å². The van der Waals surface area contributed by atoms with Crippen molar-refractivity contribution < 1.29 is 4.79 Å². The Bertz CT molecular complexity index is 515. The monoisotopic (exact) mass is 275 g/mol. The SMILES string of the molecule is CN(C(=O)c1ccncc1C#CCN)C1CCSC1. The number of nitrogens with zero attached hydrogens (tertiary/aromatic N) is 2. The first-order valence-electron chi connectivity index (χ1n) is 6.22. The molecule has 0 spiro atoms. The van der Waals surface area contributed by atoms with Gasteiger partial charge in [-0.05, 0) is 18.2 Å². The third-order valence-corrected chi connectivity index (χ3v) is 4.30. The first-order valence-corrected chi connectivity index (χ1v) is 7.37. The molecule has 4 nitrogen and oxygen atoms in total. The highest BCUT2D eigenvalue weighted by Gasteiger charge is 2.25. The van der Waals surface area contributed by atoms with Crippen LogP contribution in [0.2, 0.25) is 0 Å². The van der Waals surface area contributed by atoms with E-state index in [9.17, 15) is 4.79 Å². The fourth-order valence-corrected chi connectivity index (χ4v) is 3.28. The molecule has 0 radical (unpaired) electrons. The lowest BCUT2D eigenvalue weighted by atomic mass is 10.1. The molecule has 0 aromatic carbocycles. The molecule has 100 valence electrons. The zero-order valence-electron chi connectivity index (χ0n) is 10.9. The summed E-state index contributed by atoms with van der Waals surface area (Å²) in [4.78, 5) is 18.3. The molecular formula is C14H17N3OS. The van der Waals surface area contributed by atoms with Crippen LogP contribution in [0.15, 0.2) is 18.5 Å². The molecule has 0 aliphatic carbocycles. The van der Waals surface area contributed by atoms with E-state index >= 15 is 0 Å². The molecule has 1 unspecified atom stereocenters. The molecule has 1 aromatic heterocycles. The Kier molecular flexibility index (Phi) is 4.83. The van der Waals surface area contributed by atoms with Crippen LogP contribution in [0.5, 0.6) is 0 Å². The molecule has 5 heteroatoms. The zero-order valence-corrected chi connectivity index (χ0v) is 11.7. The topological polar surface area (TPSA) is 59.2 Å². The summed E-state index contributed by atoms with van der Waals surface area (Å²) >= 11 is 1.89. The number of amides is 1. The van der Waals surface area contributed by atoms with Crippen LogP contribution in [0.4, 0.5) is 0 Å². The van der Waals surface area contributed by atoms with Crippen molar-refractivity contribution in [2.45, 2.75) is 12.5 Å². The smallest absolute Gasteiger partial charge is 0.255 e. The lowest BCUT2D eigenvalue weighted by Crippen LogP contribution is -2.37. The van der Waals surface area contributed by atoms with Crippen molar-refractivity contribution >= 4 is 17.7 Å². The molecule has 1 saturated heterocycles. The quantitative estimate of drug-likeness (QED) is 0.817. The molecule has 1 aliphatic heterocycles. The van der Waals surface area contributed by atoms with Crippen LogP contribution in [0.25, 0.3) is 0 Å². The second-order valence-electron chi connectivity index (χ2n) is 4.36. The van der Waals surface area contributed by atoms with Crippen molar-refractivity contribution in [3.63, 3.8) is 0 Å². The van der Waals surface area contributed by atoms with Gasteiger partial charge >= 0.3 is 0 Å². The minimum Gasteiger partial charge on any atom is -0.338 e. The standard InChI is InChI=1S/C14H17N3OS/c1-17(12-5-8-19-10-12)14(18)13-4-7-16-9-11(13)3-2-6-15/h4,7,9,12H,5-6,8,10,15H2,1H3. The van der Waals surface area contributed by atoms with Crippen LogP contribution in [0.3, 0.4) is 0 Å². The second-order valence-corrected chi connectivity index (χ2v) is 5.51. The van der Waals surface area contributed by atoms with Crippen LogP contribution in [-0.4, -0.2) is 46.9 Å². The number of nitrogens with two attached hydrogens (primary N) is 1. The van der Waals surface area contributed by atoms with Gasteiger partial charge in [-0.2, -0.15) is 11.8 Å². The van der Waals surface area contributed by atoms with Gasteiger partial charge in [-0.15, -0.1) is 0 Å². The van der Waals surface area contributed by atoms with E-state index < -0.39 is 0 Å². The van der Waals surface area contributed by atoms with E-state index in [4.69, 9.17) is 5.73 Å². The van der Waals surface area contributed by atoms with Crippen LogP contribution >= 0.6 is 11.8 Å². The van der Waals surface area contributed by atoms with Gasteiger partial charge in [-0.1, -0.05) is 11.8 Å². The highest BCUT2D eigenvalue weighted by atomic mass is 32.2. The van der Waals surface area contributed by atoms with Crippen LogP contribution in [0.1, 0.15) is 22.3 Å². The average molecular weight is 275 g/mol. The number of carbonyl (C=O) groups is 1. The maximum absolute atomic E-state index is 12.5. The first-order chi connectivity index (χ1) is 9.24. The molecule has 1 fully saturated rings. The fourth-order valence-electron chi connectivity index (χ4n) is 2.01. The number of carbonyl (C=O) groups excluding carboxylic acids is 1. The Morgan fingerprint density at radius 1 is 1.68 bits per heavy atom. The maximum atomic E-state index is 12.5. The highest BCUT2D eigenvalue weighted by Crippen LogP contribution is 2.23. The van der Waals surface area contributed by atoms with E-state index in [2.05, 4.69) is 16.8 Å². The lowest BCUT2D eigenvalue weighted by Gasteiger charge is -2.24. The van der Waals surface area contributed by atoms with Gasteiger partial charge in [0.1, 0.15) is 0 Å². The van der Waals surface area contributed by atoms with Crippen molar-refractivity contribution in [3.8, 4) is 11.8 Å². The number of aromatic nitrogens is 1. The summed E-state index contributed by atoms with van der Waals surface area (Å²) in [5.74, 6) is 7.83. The van der Waals surface area contributed by atoms with E-state index in [-0.39, 0.29) is 12.5 Å². The Hall–Kier alpha value is -1.51. The van der Waals surface area contributed by atoms with E-state index in [1.807, 2.05) is 23.7 Å². The van der Waals surface area contributed by atoms with Crippen molar-refractivity contribution in [3.05, 3.63) is 29.6 Å². The Morgan fingerprint density at radius 2 is 2.53 bits per heavy atom.